The average Bonchev–Trinajstić information content (AvgIpc) is 2.91. The zero-order chi connectivity index (χ0) is 11.6. The summed E-state index contributed by atoms with van der Waals surface area (Å²) in [5.41, 5.74) is 4.16. The van der Waals surface area contributed by atoms with Crippen LogP contribution >= 0.6 is 11.3 Å². The van der Waals surface area contributed by atoms with Crippen molar-refractivity contribution in [1.82, 2.24) is 5.43 Å². The van der Waals surface area contributed by atoms with Gasteiger partial charge in [0.05, 0.1) is 11.6 Å². The molecule has 0 aliphatic heterocycles. The number of nitrogens with one attached hydrogen (secondary N) is 1. The van der Waals surface area contributed by atoms with Crippen molar-refractivity contribution in [3.63, 3.8) is 0 Å². The van der Waals surface area contributed by atoms with Gasteiger partial charge in [0, 0.05) is 12.0 Å². The standard InChI is InChI=1S/C12H20N2OS/c1-9-5-8-16-10(9)11(14-13)12(15-2)6-3-4-7-12/h5,8,11,14H,3-4,6-7,13H2,1-2H3. The van der Waals surface area contributed by atoms with E-state index in [1.807, 2.05) is 0 Å². The first kappa shape index (κ1) is 12.0. The van der Waals surface area contributed by atoms with Crippen molar-refractivity contribution in [2.24, 2.45) is 5.84 Å². The summed E-state index contributed by atoms with van der Waals surface area (Å²) in [6, 6.07) is 2.27. The molecular formula is C12H20N2OS. The molecule has 3 nitrogen and oxygen atoms in total. The van der Waals surface area contributed by atoms with E-state index < -0.39 is 0 Å². The van der Waals surface area contributed by atoms with E-state index in [9.17, 15) is 0 Å². The van der Waals surface area contributed by atoms with Crippen LogP contribution in [-0.2, 0) is 4.74 Å². The van der Waals surface area contributed by atoms with Gasteiger partial charge >= 0.3 is 0 Å². The molecule has 4 heteroatoms. The fourth-order valence-electron chi connectivity index (χ4n) is 2.73. The van der Waals surface area contributed by atoms with E-state index in [4.69, 9.17) is 10.6 Å². The fraction of sp³-hybridized carbons (Fsp3) is 0.667. The van der Waals surface area contributed by atoms with Gasteiger partial charge in [-0.1, -0.05) is 12.8 Å². The molecule has 0 radical (unpaired) electrons. The second-order valence-corrected chi connectivity index (χ2v) is 5.49. The van der Waals surface area contributed by atoms with Crippen LogP contribution in [-0.4, -0.2) is 12.7 Å². The highest BCUT2D eigenvalue weighted by Crippen LogP contribution is 2.44. The molecule has 3 N–H and O–H groups in total. The number of methoxy groups -OCH3 is 1. The minimum absolute atomic E-state index is 0.107. The molecule has 1 aromatic rings. The molecule has 16 heavy (non-hydrogen) atoms. The SMILES string of the molecule is COC1(C(NN)c2sccc2C)CCCC1. The van der Waals surface area contributed by atoms with Gasteiger partial charge in [0.1, 0.15) is 0 Å². The topological polar surface area (TPSA) is 47.3 Å². The van der Waals surface area contributed by atoms with E-state index in [2.05, 4.69) is 23.8 Å². The molecular weight excluding hydrogens is 220 g/mol. The van der Waals surface area contributed by atoms with E-state index in [1.165, 1.54) is 23.3 Å². The molecule has 0 spiro atoms. The summed E-state index contributed by atoms with van der Waals surface area (Å²) in [7, 11) is 1.80. The Balaban J connectivity index is 2.31. The highest BCUT2D eigenvalue weighted by molar-refractivity contribution is 7.10. The number of thiophene rings is 1. The van der Waals surface area contributed by atoms with Crippen molar-refractivity contribution in [3.8, 4) is 0 Å². The normalized spacial score (nSPS) is 21.2. The molecule has 90 valence electrons. The van der Waals surface area contributed by atoms with Gasteiger partial charge in [0.15, 0.2) is 0 Å². The summed E-state index contributed by atoms with van der Waals surface area (Å²) in [6.45, 7) is 2.13. The van der Waals surface area contributed by atoms with Gasteiger partial charge in [-0.15, -0.1) is 11.3 Å². The van der Waals surface area contributed by atoms with Gasteiger partial charge in [-0.3, -0.25) is 5.84 Å². The van der Waals surface area contributed by atoms with Crippen LogP contribution in [0.5, 0.6) is 0 Å². The third-order valence-corrected chi connectivity index (χ3v) is 4.80. The zero-order valence-electron chi connectivity index (χ0n) is 9.95. The van der Waals surface area contributed by atoms with E-state index in [1.54, 1.807) is 18.4 Å². The minimum Gasteiger partial charge on any atom is -0.376 e. The van der Waals surface area contributed by atoms with E-state index in [-0.39, 0.29) is 11.6 Å². The summed E-state index contributed by atoms with van der Waals surface area (Å²) in [5, 5.41) is 2.12. The van der Waals surface area contributed by atoms with Crippen molar-refractivity contribution in [2.45, 2.75) is 44.2 Å². The number of ether oxygens (including phenoxy) is 1. The van der Waals surface area contributed by atoms with Gasteiger partial charge < -0.3 is 4.74 Å². The lowest BCUT2D eigenvalue weighted by Gasteiger charge is -2.35. The van der Waals surface area contributed by atoms with Gasteiger partial charge in [-0.05, 0) is 36.8 Å². The van der Waals surface area contributed by atoms with Crippen LogP contribution in [0.25, 0.3) is 0 Å². The van der Waals surface area contributed by atoms with Crippen molar-refractivity contribution < 1.29 is 4.74 Å². The summed E-state index contributed by atoms with van der Waals surface area (Å²) in [6.07, 6.45) is 4.65. The first-order valence-electron chi connectivity index (χ1n) is 5.79. The average molecular weight is 240 g/mol. The Morgan fingerprint density at radius 2 is 2.19 bits per heavy atom. The number of hydrazine groups is 1. The lowest BCUT2D eigenvalue weighted by Crippen LogP contribution is -2.46. The maximum absolute atomic E-state index is 5.79. The molecule has 2 rings (SSSR count). The molecule has 1 atom stereocenters. The van der Waals surface area contributed by atoms with E-state index in [0.717, 1.165) is 12.8 Å². The summed E-state index contributed by atoms with van der Waals surface area (Å²) < 4.78 is 5.79. The van der Waals surface area contributed by atoms with Gasteiger partial charge in [-0.2, -0.15) is 0 Å². The molecule has 1 aliphatic rings. The maximum atomic E-state index is 5.79. The summed E-state index contributed by atoms with van der Waals surface area (Å²) >= 11 is 1.76. The van der Waals surface area contributed by atoms with Crippen LogP contribution in [0, 0.1) is 6.92 Å². The Morgan fingerprint density at radius 3 is 2.62 bits per heavy atom. The molecule has 0 aromatic carbocycles. The summed E-state index contributed by atoms with van der Waals surface area (Å²) in [4.78, 5) is 1.31. The number of hydrogen-bond acceptors (Lipinski definition) is 4. The molecule has 1 fully saturated rings. The van der Waals surface area contributed by atoms with Gasteiger partial charge in [-0.25, -0.2) is 5.43 Å². The largest absolute Gasteiger partial charge is 0.376 e. The quantitative estimate of drug-likeness (QED) is 0.628. The number of nitrogens with two attached hydrogens (primary N) is 1. The van der Waals surface area contributed by atoms with E-state index >= 15 is 0 Å². The Kier molecular flexibility index (Phi) is 3.64. The zero-order valence-corrected chi connectivity index (χ0v) is 10.8. The molecule has 0 amide bonds. The second kappa shape index (κ2) is 4.84. The van der Waals surface area contributed by atoms with Crippen molar-refractivity contribution in [3.05, 3.63) is 21.9 Å². The minimum atomic E-state index is -0.107. The molecule has 1 aliphatic carbocycles. The molecule has 0 bridgehead atoms. The third kappa shape index (κ3) is 1.91. The Bertz CT molecular complexity index is 345. The predicted octanol–water partition coefficient (Wildman–Crippen LogP) is 2.52. The summed E-state index contributed by atoms with van der Waals surface area (Å²) in [5.74, 6) is 5.75. The van der Waals surface area contributed by atoms with Crippen LogP contribution in [0.3, 0.4) is 0 Å². The van der Waals surface area contributed by atoms with Gasteiger partial charge in [0.2, 0.25) is 0 Å². The van der Waals surface area contributed by atoms with Crippen LogP contribution in [0.2, 0.25) is 0 Å². The molecule has 1 saturated carbocycles. The Hall–Kier alpha value is -0.420. The van der Waals surface area contributed by atoms with Crippen LogP contribution in [0.15, 0.2) is 11.4 Å². The Morgan fingerprint density at radius 1 is 1.50 bits per heavy atom. The van der Waals surface area contributed by atoms with Crippen molar-refractivity contribution in [1.29, 1.82) is 0 Å². The lowest BCUT2D eigenvalue weighted by molar-refractivity contribution is -0.0360. The fourth-order valence-corrected chi connectivity index (χ4v) is 3.82. The first-order chi connectivity index (χ1) is 7.73. The molecule has 1 heterocycles. The Labute approximate surface area is 101 Å². The van der Waals surface area contributed by atoms with Crippen molar-refractivity contribution >= 4 is 11.3 Å². The monoisotopic (exact) mass is 240 g/mol. The molecule has 1 aromatic heterocycles. The molecule has 1 unspecified atom stereocenters. The highest BCUT2D eigenvalue weighted by Gasteiger charge is 2.42. The number of aryl methyl sites for hydroxylation is 1. The van der Waals surface area contributed by atoms with Crippen LogP contribution in [0.4, 0.5) is 0 Å². The highest BCUT2D eigenvalue weighted by atomic mass is 32.1. The number of hydrogen-bond donors (Lipinski definition) is 2. The third-order valence-electron chi connectivity index (χ3n) is 3.71. The number of rotatable bonds is 4. The predicted molar refractivity (Wildman–Crippen MR) is 67.3 cm³/mol. The lowest BCUT2D eigenvalue weighted by atomic mass is 9.90. The van der Waals surface area contributed by atoms with Crippen LogP contribution in [0.1, 0.15) is 42.2 Å². The van der Waals surface area contributed by atoms with Gasteiger partial charge in [0.25, 0.3) is 0 Å². The van der Waals surface area contributed by atoms with Crippen LogP contribution < -0.4 is 11.3 Å². The first-order valence-corrected chi connectivity index (χ1v) is 6.67. The maximum Gasteiger partial charge on any atom is 0.0893 e. The van der Waals surface area contributed by atoms with Crippen molar-refractivity contribution in [2.75, 3.05) is 7.11 Å². The molecule has 0 saturated heterocycles. The van der Waals surface area contributed by atoms with E-state index in [0.29, 0.717) is 0 Å². The second-order valence-electron chi connectivity index (χ2n) is 4.54. The smallest absolute Gasteiger partial charge is 0.0893 e.